The smallest absolute Gasteiger partial charge is 0.225 e. The van der Waals surface area contributed by atoms with E-state index in [4.69, 9.17) is 0 Å². The fourth-order valence-corrected chi connectivity index (χ4v) is 3.72. The van der Waals surface area contributed by atoms with E-state index in [9.17, 15) is 4.79 Å². The molecule has 2 aromatic rings. The highest BCUT2D eigenvalue weighted by Crippen LogP contribution is 2.28. The van der Waals surface area contributed by atoms with E-state index in [0.29, 0.717) is 13.1 Å². The summed E-state index contributed by atoms with van der Waals surface area (Å²) in [4.78, 5) is 18.2. The first-order valence-electron chi connectivity index (χ1n) is 7.44. The summed E-state index contributed by atoms with van der Waals surface area (Å²) >= 11 is 1.64. The predicted molar refractivity (Wildman–Crippen MR) is 100 cm³/mol. The van der Waals surface area contributed by atoms with Crippen molar-refractivity contribution in [3.63, 3.8) is 0 Å². The molecule has 0 radical (unpaired) electrons. The number of nitrogens with zero attached hydrogens (tertiary/aromatic N) is 3. The standard InChI is InChI=1S/C15H21N5OS.2ClH/c1-9-10(2)22-14(19-9)7-17-15(21)13-6-16-5-12(13)11-4-18-20(3)8-11;;/h4,8,12-13,16H,5-7H2,1-3H3,(H,17,21);2*1H/t12-,13+;;/m1../s1. The van der Waals surface area contributed by atoms with E-state index in [1.807, 2.05) is 26.4 Å². The van der Waals surface area contributed by atoms with E-state index < -0.39 is 0 Å². The molecule has 1 saturated heterocycles. The fourth-order valence-electron chi connectivity index (χ4n) is 2.84. The van der Waals surface area contributed by atoms with Gasteiger partial charge in [0.1, 0.15) is 5.01 Å². The summed E-state index contributed by atoms with van der Waals surface area (Å²) in [5.41, 5.74) is 2.17. The zero-order chi connectivity index (χ0) is 15.7. The maximum absolute atomic E-state index is 12.5. The van der Waals surface area contributed by atoms with Gasteiger partial charge in [-0.3, -0.25) is 9.48 Å². The number of carbonyl (C=O) groups excluding carboxylic acids is 1. The van der Waals surface area contributed by atoms with Gasteiger partial charge in [-0.05, 0) is 19.4 Å². The number of aromatic nitrogens is 3. The normalized spacial score (nSPS) is 19.5. The summed E-state index contributed by atoms with van der Waals surface area (Å²) in [6.45, 7) is 6.09. The van der Waals surface area contributed by atoms with Gasteiger partial charge in [0.2, 0.25) is 5.91 Å². The number of carbonyl (C=O) groups is 1. The molecule has 134 valence electrons. The zero-order valence-corrected chi connectivity index (χ0v) is 16.4. The predicted octanol–water partition coefficient (Wildman–Crippen LogP) is 1.96. The highest BCUT2D eigenvalue weighted by molar-refractivity contribution is 7.11. The molecule has 3 heterocycles. The van der Waals surface area contributed by atoms with Crippen molar-refractivity contribution in [2.75, 3.05) is 13.1 Å². The van der Waals surface area contributed by atoms with Crippen molar-refractivity contribution in [3.8, 4) is 0 Å². The highest BCUT2D eigenvalue weighted by Gasteiger charge is 2.34. The molecular weight excluding hydrogens is 369 g/mol. The van der Waals surface area contributed by atoms with E-state index in [2.05, 4.69) is 27.6 Å². The summed E-state index contributed by atoms with van der Waals surface area (Å²) in [6.07, 6.45) is 3.84. The third kappa shape index (κ3) is 4.47. The number of hydrogen-bond donors (Lipinski definition) is 2. The molecule has 1 fully saturated rings. The van der Waals surface area contributed by atoms with Crippen LogP contribution in [0.2, 0.25) is 0 Å². The van der Waals surface area contributed by atoms with Crippen LogP contribution in [0.4, 0.5) is 0 Å². The summed E-state index contributed by atoms with van der Waals surface area (Å²) in [7, 11) is 1.90. The molecule has 0 aliphatic carbocycles. The molecule has 9 heteroatoms. The zero-order valence-electron chi connectivity index (χ0n) is 13.9. The van der Waals surface area contributed by atoms with Gasteiger partial charge in [-0.15, -0.1) is 36.2 Å². The summed E-state index contributed by atoms with van der Waals surface area (Å²) in [5, 5.41) is 11.5. The van der Waals surface area contributed by atoms with E-state index in [1.165, 1.54) is 4.88 Å². The molecule has 0 saturated carbocycles. The van der Waals surface area contributed by atoms with Gasteiger partial charge in [-0.2, -0.15) is 5.10 Å². The first-order chi connectivity index (χ1) is 10.5. The van der Waals surface area contributed by atoms with Crippen molar-refractivity contribution >= 4 is 42.1 Å². The third-order valence-corrected chi connectivity index (χ3v) is 5.26. The van der Waals surface area contributed by atoms with Gasteiger partial charge in [-0.25, -0.2) is 4.98 Å². The maximum Gasteiger partial charge on any atom is 0.225 e. The molecule has 0 aromatic carbocycles. The molecule has 2 aromatic heterocycles. The first kappa shape index (κ1) is 20.9. The van der Waals surface area contributed by atoms with Gasteiger partial charge in [0.05, 0.1) is 24.4 Å². The van der Waals surface area contributed by atoms with Crippen LogP contribution in [0.5, 0.6) is 0 Å². The van der Waals surface area contributed by atoms with Gasteiger partial charge >= 0.3 is 0 Å². The quantitative estimate of drug-likeness (QED) is 0.835. The Bertz CT molecular complexity index is 668. The summed E-state index contributed by atoms with van der Waals surface area (Å²) in [6, 6.07) is 0. The van der Waals surface area contributed by atoms with Crippen LogP contribution in [-0.4, -0.2) is 33.8 Å². The molecule has 6 nitrogen and oxygen atoms in total. The first-order valence-corrected chi connectivity index (χ1v) is 8.26. The molecule has 1 aliphatic rings. The van der Waals surface area contributed by atoms with E-state index in [-0.39, 0.29) is 42.6 Å². The number of thiazole rings is 1. The van der Waals surface area contributed by atoms with Crippen LogP contribution >= 0.6 is 36.2 Å². The van der Waals surface area contributed by atoms with Crippen molar-refractivity contribution in [1.82, 2.24) is 25.4 Å². The Labute approximate surface area is 158 Å². The largest absolute Gasteiger partial charge is 0.349 e. The van der Waals surface area contributed by atoms with E-state index in [0.717, 1.165) is 22.8 Å². The van der Waals surface area contributed by atoms with Crippen LogP contribution in [0, 0.1) is 19.8 Å². The molecule has 1 amide bonds. The molecule has 1 aliphatic heterocycles. The molecule has 0 spiro atoms. The number of nitrogens with one attached hydrogen (secondary N) is 2. The molecule has 0 bridgehead atoms. The second kappa shape index (κ2) is 8.80. The number of rotatable bonds is 4. The minimum Gasteiger partial charge on any atom is -0.349 e. The molecule has 2 atom stereocenters. The Morgan fingerprint density at radius 2 is 2.17 bits per heavy atom. The van der Waals surface area contributed by atoms with Crippen LogP contribution < -0.4 is 10.6 Å². The Morgan fingerprint density at radius 1 is 1.42 bits per heavy atom. The molecule has 24 heavy (non-hydrogen) atoms. The van der Waals surface area contributed by atoms with Crippen molar-refractivity contribution in [2.45, 2.75) is 26.3 Å². The Hall–Kier alpha value is -1.15. The van der Waals surface area contributed by atoms with Gasteiger partial charge in [0.25, 0.3) is 0 Å². The van der Waals surface area contributed by atoms with Gasteiger partial charge in [0, 0.05) is 37.1 Å². The number of aryl methyl sites for hydroxylation is 3. The molecular formula is C15H23Cl2N5OS. The summed E-state index contributed by atoms with van der Waals surface area (Å²) in [5.74, 6) is 0.226. The average Bonchev–Trinajstić information content (AvgIpc) is 3.17. The van der Waals surface area contributed by atoms with Crippen LogP contribution in [0.25, 0.3) is 0 Å². The fraction of sp³-hybridized carbons (Fsp3) is 0.533. The SMILES string of the molecule is Cc1nc(CNC(=O)[C@H]2CNC[C@@H]2c2cnn(C)c2)sc1C.Cl.Cl. The van der Waals surface area contributed by atoms with Crippen LogP contribution in [-0.2, 0) is 18.4 Å². The van der Waals surface area contributed by atoms with Crippen LogP contribution in [0.1, 0.15) is 27.1 Å². The maximum atomic E-state index is 12.5. The van der Waals surface area contributed by atoms with Gasteiger partial charge in [0.15, 0.2) is 0 Å². The lowest BCUT2D eigenvalue weighted by atomic mass is 9.90. The molecule has 2 N–H and O–H groups in total. The van der Waals surface area contributed by atoms with E-state index >= 15 is 0 Å². The Morgan fingerprint density at radius 3 is 2.75 bits per heavy atom. The van der Waals surface area contributed by atoms with Crippen molar-refractivity contribution in [3.05, 3.63) is 33.5 Å². The lowest BCUT2D eigenvalue weighted by Crippen LogP contribution is -2.33. The summed E-state index contributed by atoms with van der Waals surface area (Å²) < 4.78 is 1.78. The molecule has 0 unspecified atom stereocenters. The topological polar surface area (TPSA) is 71.8 Å². The Balaban J connectivity index is 0.00000144. The van der Waals surface area contributed by atoms with Crippen LogP contribution in [0.15, 0.2) is 12.4 Å². The monoisotopic (exact) mass is 391 g/mol. The van der Waals surface area contributed by atoms with Crippen molar-refractivity contribution in [1.29, 1.82) is 0 Å². The minimum atomic E-state index is -0.0497. The Kier molecular flexibility index (Phi) is 7.66. The van der Waals surface area contributed by atoms with Gasteiger partial charge in [-0.1, -0.05) is 0 Å². The van der Waals surface area contributed by atoms with Crippen LogP contribution in [0.3, 0.4) is 0 Å². The second-order valence-corrected chi connectivity index (χ2v) is 7.07. The highest BCUT2D eigenvalue weighted by atomic mass is 35.5. The number of amides is 1. The lowest BCUT2D eigenvalue weighted by Gasteiger charge is -2.16. The second-order valence-electron chi connectivity index (χ2n) is 5.79. The van der Waals surface area contributed by atoms with Crippen molar-refractivity contribution in [2.24, 2.45) is 13.0 Å². The average molecular weight is 392 g/mol. The van der Waals surface area contributed by atoms with E-state index in [1.54, 1.807) is 16.0 Å². The third-order valence-electron chi connectivity index (χ3n) is 4.19. The lowest BCUT2D eigenvalue weighted by molar-refractivity contribution is -0.125. The number of halogens is 2. The minimum absolute atomic E-state index is 0. The van der Waals surface area contributed by atoms with Crippen molar-refractivity contribution < 1.29 is 4.79 Å². The van der Waals surface area contributed by atoms with Gasteiger partial charge < -0.3 is 10.6 Å². The number of hydrogen-bond acceptors (Lipinski definition) is 5. The molecule has 3 rings (SSSR count).